The Labute approximate surface area is 145 Å². The Bertz CT molecular complexity index is 970. The number of benzene rings is 1. The van der Waals surface area contributed by atoms with Gasteiger partial charge in [-0.2, -0.15) is 5.10 Å². The lowest BCUT2D eigenvalue weighted by Gasteiger charge is -2.11. The molecule has 0 bridgehead atoms. The lowest BCUT2D eigenvalue weighted by molar-refractivity contribution is 0.586. The maximum absolute atomic E-state index is 11.0. The first kappa shape index (κ1) is 17.2. The van der Waals surface area contributed by atoms with Crippen molar-refractivity contribution in [2.24, 2.45) is 0 Å². The third kappa shape index (κ3) is 4.46. The maximum Gasteiger partial charge on any atom is 0.208 e. The molecular formula is C16H20N6O2S. The van der Waals surface area contributed by atoms with Crippen molar-refractivity contribution in [3.8, 4) is 11.3 Å². The molecule has 0 radical (unpaired) electrons. The average Bonchev–Trinajstić information content (AvgIpc) is 3.07. The van der Waals surface area contributed by atoms with Gasteiger partial charge >= 0.3 is 0 Å². The number of H-pyrrole nitrogens is 1. The summed E-state index contributed by atoms with van der Waals surface area (Å²) < 4.78 is 24.6. The number of nitrogens with one attached hydrogen (secondary N) is 3. The predicted octanol–water partition coefficient (Wildman–Crippen LogP) is 1.56. The summed E-state index contributed by atoms with van der Waals surface area (Å²) in [5.41, 5.74) is 9.46. The van der Waals surface area contributed by atoms with Gasteiger partial charge in [0.1, 0.15) is 5.82 Å². The van der Waals surface area contributed by atoms with Gasteiger partial charge in [-0.1, -0.05) is 12.1 Å². The largest absolute Gasteiger partial charge is 0.384 e. The molecule has 3 rings (SSSR count). The van der Waals surface area contributed by atoms with Crippen molar-refractivity contribution in [1.82, 2.24) is 19.9 Å². The second kappa shape index (κ2) is 7.08. The van der Waals surface area contributed by atoms with E-state index in [1.54, 1.807) is 12.3 Å². The quantitative estimate of drug-likeness (QED) is 0.474. The number of anilines is 2. The fraction of sp³-hybridized carbons (Fsp3) is 0.250. The van der Waals surface area contributed by atoms with Gasteiger partial charge in [0.2, 0.25) is 10.0 Å². The summed E-state index contributed by atoms with van der Waals surface area (Å²) in [6, 6.07) is 9.60. The van der Waals surface area contributed by atoms with Crippen molar-refractivity contribution < 1.29 is 8.42 Å². The van der Waals surface area contributed by atoms with Crippen LogP contribution in [-0.4, -0.2) is 42.9 Å². The number of nitrogens with two attached hydrogens (primary N) is 1. The van der Waals surface area contributed by atoms with E-state index in [1.807, 2.05) is 24.3 Å². The van der Waals surface area contributed by atoms with Gasteiger partial charge in [-0.15, -0.1) is 0 Å². The van der Waals surface area contributed by atoms with Crippen LogP contribution in [0.1, 0.15) is 6.42 Å². The minimum atomic E-state index is -3.15. The van der Waals surface area contributed by atoms with E-state index in [0.29, 0.717) is 25.3 Å². The molecule has 5 N–H and O–H groups in total. The van der Waals surface area contributed by atoms with E-state index >= 15 is 0 Å². The smallest absolute Gasteiger partial charge is 0.208 e. The Balaban J connectivity index is 1.76. The van der Waals surface area contributed by atoms with Gasteiger partial charge in [0.15, 0.2) is 0 Å². The zero-order chi connectivity index (χ0) is 17.9. The van der Waals surface area contributed by atoms with Gasteiger partial charge in [0, 0.05) is 42.0 Å². The van der Waals surface area contributed by atoms with Crippen molar-refractivity contribution in [2.75, 3.05) is 30.4 Å². The highest BCUT2D eigenvalue weighted by Crippen LogP contribution is 2.28. The number of sulfonamides is 1. The number of fused-ring (bicyclic) bond motifs is 1. The van der Waals surface area contributed by atoms with Gasteiger partial charge in [-0.05, 0) is 18.6 Å². The molecule has 1 aromatic carbocycles. The summed E-state index contributed by atoms with van der Waals surface area (Å²) in [5, 5.41) is 11.1. The standard InChI is InChI=1S/C16H20N6O2S/c1-25(23,24)20-7-2-6-18-14-10-16(17)21-15-9-11(3-4-12(14)15)13-5-8-19-22-13/h3-5,8-10,20H,2,6-7H2,1H3,(H,19,22)(H3,17,18,21). The molecule has 0 fully saturated rings. The monoisotopic (exact) mass is 360 g/mol. The molecule has 0 saturated heterocycles. The van der Waals surface area contributed by atoms with Crippen molar-refractivity contribution >= 4 is 32.4 Å². The van der Waals surface area contributed by atoms with Gasteiger partial charge in [0.25, 0.3) is 0 Å². The Hall–Kier alpha value is -2.65. The molecule has 0 unspecified atom stereocenters. The van der Waals surface area contributed by atoms with Gasteiger partial charge < -0.3 is 11.1 Å². The topological polar surface area (TPSA) is 126 Å². The summed E-state index contributed by atoms with van der Waals surface area (Å²) >= 11 is 0. The van der Waals surface area contributed by atoms with Crippen LogP contribution in [0, 0.1) is 0 Å². The van der Waals surface area contributed by atoms with Crippen LogP contribution in [0.3, 0.4) is 0 Å². The van der Waals surface area contributed by atoms with E-state index < -0.39 is 10.0 Å². The van der Waals surface area contributed by atoms with Crippen LogP contribution in [0.4, 0.5) is 11.5 Å². The molecular weight excluding hydrogens is 340 g/mol. The van der Waals surface area contributed by atoms with Crippen LogP contribution in [0.25, 0.3) is 22.2 Å². The van der Waals surface area contributed by atoms with Crippen LogP contribution in [0.5, 0.6) is 0 Å². The van der Waals surface area contributed by atoms with E-state index in [1.165, 1.54) is 0 Å². The molecule has 0 saturated carbocycles. The predicted molar refractivity (Wildman–Crippen MR) is 99.7 cm³/mol. The second-order valence-corrected chi connectivity index (χ2v) is 7.58. The van der Waals surface area contributed by atoms with Gasteiger partial charge in [-0.3, -0.25) is 5.10 Å². The molecule has 2 aromatic heterocycles. The van der Waals surface area contributed by atoms with Crippen LogP contribution < -0.4 is 15.8 Å². The second-order valence-electron chi connectivity index (χ2n) is 5.74. The van der Waals surface area contributed by atoms with E-state index in [0.717, 1.165) is 34.1 Å². The summed E-state index contributed by atoms with van der Waals surface area (Å²) in [6.45, 7) is 0.998. The van der Waals surface area contributed by atoms with E-state index in [-0.39, 0.29) is 0 Å². The number of aromatic nitrogens is 3. The Kier molecular flexibility index (Phi) is 4.86. The Morgan fingerprint density at radius 2 is 2.04 bits per heavy atom. The maximum atomic E-state index is 11.0. The fourth-order valence-corrected chi connectivity index (χ4v) is 3.06. The lowest BCUT2D eigenvalue weighted by atomic mass is 10.1. The molecule has 0 amide bonds. The number of nitrogen functional groups attached to an aromatic ring is 1. The SMILES string of the molecule is CS(=O)(=O)NCCCNc1cc(N)nc2cc(-c3ccn[nH]3)ccc12. The third-order valence-electron chi connectivity index (χ3n) is 3.67. The first-order chi connectivity index (χ1) is 11.9. The zero-order valence-electron chi connectivity index (χ0n) is 13.8. The van der Waals surface area contributed by atoms with E-state index in [2.05, 4.69) is 25.2 Å². The molecule has 0 aliphatic rings. The van der Waals surface area contributed by atoms with Gasteiger partial charge in [-0.25, -0.2) is 18.1 Å². The minimum Gasteiger partial charge on any atom is -0.384 e. The number of rotatable bonds is 7. The molecule has 0 aliphatic carbocycles. The molecule has 8 nitrogen and oxygen atoms in total. The van der Waals surface area contributed by atoms with E-state index in [4.69, 9.17) is 5.73 Å². The minimum absolute atomic E-state index is 0.383. The normalized spacial score (nSPS) is 11.7. The molecule has 132 valence electrons. The Morgan fingerprint density at radius 3 is 2.76 bits per heavy atom. The van der Waals surface area contributed by atoms with Crippen LogP contribution >= 0.6 is 0 Å². The highest BCUT2D eigenvalue weighted by atomic mass is 32.2. The Morgan fingerprint density at radius 1 is 1.20 bits per heavy atom. The number of nitrogens with zero attached hydrogens (tertiary/aromatic N) is 2. The number of hydrogen-bond acceptors (Lipinski definition) is 6. The highest BCUT2D eigenvalue weighted by molar-refractivity contribution is 7.88. The van der Waals surface area contributed by atoms with Crippen LogP contribution in [0.15, 0.2) is 36.5 Å². The molecule has 0 aliphatic heterocycles. The molecule has 0 atom stereocenters. The average molecular weight is 360 g/mol. The van der Waals surface area contributed by atoms with Crippen molar-refractivity contribution in [1.29, 1.82) is 0 Å². The van der Waals surface area contributed by atoms with Crippen molar-refractivity contribution in [3.63, 3.8) is 0 Å². The molecule has 25 heavy (non-hydrogen) atoms. The van der Waals surface area contributed by atoms with Crippen molar-refractivity contribution in [3.05, 3.63) is 36.5 Å². The first-order valence-corrected chi connectivity index (χ1v) is 9.70. The third-order valence-corrected chi connectivity index (χ3v) is 4.40. The summed E-state index contributed by atoms with van der Waals surface area (Å²) in [5.74, 6) is 0.422. The summed E-state index contributed by atoms with van der Waals surface area (Å²) in [7, 11) is -3.15. The summed E-state index contributed by atoms with van der Waals surface area (Å²) in [6.07, 6.45) is 3.50. The molecule has 0 spiro atoms. The molecule has 2 heterocycles. The molecule has 9 heteroatoms. The van der Waals surface area contributed by atoms with Crippen LogP contribution in [-0.2, 0) is 10.0 Å². The highest BCUT2D eigenvalue weighted by Gasteiger charge is 2.07. The lowest BCUT2D eigenvalue weighted by Crippen LogP contribution is -2.24. The number of aromatic amines is 1. The summed E-state index contributed by atoms with van der Waals surface area (Å²) in [4.78, 5) is 4.40. The number of pyridine rings is 1. The zero-order valence-corrected chi connectivity index (χ0v) is 14.6. The molecule has 3 aromatic rings. The number of hydrogen-bond donors (Lipinski definition) is 4. The van der Waals surface area contributed by atoms with Crippen molar-refractivity contribution in [2.45, 2.75) is 6.42 Å². The van der Waals surface area contributed by atoms with E-state index in [9.17, 15) is 8.42 Å². The van der Waals surface area contributed by atoms with Gasteiger partial charge in [0.05, 0.1) is 17.5 Å². The van der Waals surface area contributed by atoms with Crippen LogP contribution in [0.2, 0.25) is 0 Å². The first-order valence-electron chi connectivity index (χ1n) is 7.81. The fourth-order valence-electron chi connectivity index (χ4n) is 2.55.